The highest BCUT2D eigenvalue weighted by atomic mass is 16.6. The fourth-order valence-corrected chi connectivity index (χ4v) is 4.91. The molecule has 0 aromatic heterocycles. The van der Waals surface area contributed by atoms with Crippen LogP contribution in [0.2, 0.25) is 0 Å². The number of aliphatic hydroxyl groups excluding tert-OH is 1. The summed E-state index contributed by atoms with van der Waals surface area (Å²) in [6, 6.07) is 7.53. The second-order valence-electron chi connectivity index (χ2n) is 9.18. The summed E-state index contributed by atoms with van der Waals surface area (Å²) in [5.41, 5.74) is 0.981. The van der Waals surface area contributed by atoms with Crippen LogP contribution in [-0.4, -0.2) is 67.3 Å². The van der Waals surface area contributed by atoms with Gasteiger partial charge >= 0.3 is 6.03 Å². The first-order valence-electron chi connectivity index (χ1n) is 11.9. The van der Waals surface area contributed by atoms with E-state index in [1.807, 2.05) is 24.3 Å². The first-order valence-corrected chi connectivity index (χ1v) is 11.9. The lowest BCUT2D eigenvalue weighted by atomic mass is 9.96. The molecule has 5 atom stereocenters. The standard InChI is InChI=1S/C24H35N3O6/c1-31-17-9-7-15(8-10-17)13-25-21(28)12-18-11-19-23(32-18)22(29)20(33-19)14-26-24(30)27-16-5-3-2-4-6-16/h7-10,16,18-20,22-23,29H,2-6,11-14H2,1H3,(H,25,28)(H2,26,27,30). The van der Waals surface area contributed by atoms with E-state index in [1.165, 1.54) is 6.42 Å². The molecule has 33 heavy (non-hydrogen) atoms. The van der Waals surface area contributed by atoms with E-state index in [9.17, 15) is 14.7 Å². The molecule has 1 aromatic carbocycles. The summed E-state index contributed by atoms with van der Waals surface area (Å²) >= 11 is 0. The molecule has 1 saturated carbocycles. The Labute approximate surface area is 194 Å². The van der Waals surface area contributed by atoms with Crippen molar-refractivity contribution in [2.75, 3.05) is 13.7 Å². The quantitative estimate of drug-likeness (QED) is 0.467. The Balaban J connectivity index is 1.15. The number of carbonyl (C=O) groups excluding carboxylic acids is 2. The zero-order valence-electron chi connectivity index (χ0n) is 19.1. The van der Waals surface area contributed by atoms with Gasteiger partial charge in [0.2, 0.25) is 5.91 Å². The van der Waals surface area contributed by atoms with Crippen LogP contribution in [0.25, 0.3) is 0 Å². The van der Waals surface area contributed by atoms with E-state index in [2.05, 4.69) is 16.0 Å². The first-order chi connectivity index (χ1) is 16.0. The van der Waals surface area contributed by atoms with E-state index in [0.717, 1.165) is 37.0 Å². The molecular formula is C24H35N3O6. The van der Waals surface area contributed by atoms with Gasteiger partial charge in [-0.15, -0.1) is 0 Å². The maximum absolute atomic E-state index is 12.3. The topological polar surface area (TPSA) is 118 Å². The third-order valence-corrected chi connectivity index (χ3v) is 6.74. The van der Waals surface area contributed by atoms with Crippen LogP contribution in [0.5, 0.6) is 5.75 Å². The van der Waals surface area contributed by atoms with E-state index in [-0.39, 0.29) is 43.2 Å². The van der Waals surface area contributed by atoms with Crippen LogP contribution in [0.1, 0.15) is 50.5 Å². The van der Waals surface area contributed by atoms with Crippen LogP contribution in [0.3, 0.4) is 0 Å². The number of ether oxygens (including phenoxy) is 3. The summed E-state index contributed by atoms with van der Waals surface area (Å²) in [4.78, 5) is 24.5. The van der Waals surface area contributed by atoms with Gasteiger partial charge in [-0.05, 0) is 30.5 Å². The van der Waals surface area contributed by atoms with Gasteiger partial charge in [0.1, 0.15) is 24.1 Å². The average Bonchev–Trinajstić information content (AvgIpc) is 3.35. The highest BCUT2D eigenvalue weighted by Gasteiger charge is 2.50. The Bertz CT molecular complexity index is 798. The Kier molecular flexibility index (Phi) is 8.06. The van der Waals surface area contributed by atoms with Crippen molar-refractivity contribution in [3.63, 3.8) is 0 Å². The molecule has 1 aromatic rings. The lowest BCUT2D eigenvalue weighted by molar-refractivity contribution is -0.124. The van der Waals surface area contributed by atoms with E-state index in [1.54, 1.807) is 7.11 Å². The molecular weight excluding hydrogens is 426 g/mol. The second kappa shape index (κ2) is 11.2. The second-order valence-corrected chi connectivity index (χ2v) is 9.18. The molecule has 182 valence electrons. The monoisotopic (exact) mass is 461 g/mol. The lowest BCUT2D eigenvalue weighted by Gasteiger charge is -2.24. The van der Waals surface area contributed by atoms with Gasteiger partial charge in [-0.3, -0.25) is 4.79 Å². The minimum atomic E-state index is -0.836. The molecule has 3 aliphatic rings. The molecule has 9 heteroatoms. The zero-order valence-corrected chi connectivity index (χ0v) is 19.1. The number of methoxy groups -OCH3 is 1. The Morgan fingerprint density at radius 3 is 2.55 bits per heavy atom. The maximum Gasteiger partial charge on any atom is 0.315 e. The number of aliphatic hydroxyl groups is 1. The number of amides is 3. The lowest BCUT2D eigenvalue weighted by Crippen LogP contribution is -2.47. The molecule has 3 amide bonds. The smallest absolute Gasteiger partial charge is 0.315 e. The number of urea groups is 1. The normalized spacial score (nSPS) is 29.3. The third-order valence-electron chi connectivity index (χ3n) is 6.74. The van der Waals surface area contributed by atoms with Crippen LogP contribution in [0, 0.1) is 0 Å². The van der Waals surface area contributed by atoms with E-state index < -0.39 is 18.3 Å². The summed E-state index contributed by atoms with van der Waals surface area (Å²) in [6.07, 6.45) is 3.93. The molecule has 0 bridgehead atoms. The molecule has 2 saturated heterocycles. The van der Waals surface area contributed by atoms with Crippen molar-refractivity contribution in [3.8, 4) is 5.75 Å². The summed E-state index contributed by atoms with van der Waals surface area (Å²) in [6.45, 7) is 0.654. The van der Waals surface area contributed by atoms with Crippen LogP contribution in [0.4, 0.5) is 4.79 Å². The van der Waals surface area contributed by atoms with Crippen molar-refractivity contribution in [2.24, 2.45) is 0 Å². The molecule has 4 rings (SSSR count). The van der Waals surface area contributed by atoms with Crippen molar-refractivity contribution in [3.05, 3.63) is 29.8 Å². The third kappa shape index (κ3) is 6.37. The summed E-state index contributed by atoms with van der Waals surface area (Å²) in [5, 5.41) is 19.3. The largest absolute Gasteiger partial charge is 0.497 e. The number of nitrogens with one attached hydrogen (secondary N) is 3. The average molecular weight is 462 g/mol. The number of rotatable bonds is 8. The van der Waals surface area contributed by atoms with Gasteiger partial charge in [0.25, 0.3) is 0 Å². The van der Waals surface area contributed by atoms with Gasteiger partial charge in [0.05, 0.1) is 25.7 Å². The number of carbonyl (C=O) groups is 2. The summed E-state index contributed by atoms with van der Waals surface area (Å²) < 4.78 is 17.0. The van der Waals surface area contributed by atoms with Crippen LogP contribution >= 0.6 is 0 Å². The SMILES string of the molecule is COc1ccc(CNC(=O)CC2CC3OC(CNC(=O)NC4CCCCC4)C(O)C3O2)cc1. The molecule has 9 nitrogen and oxygen atoms in total. The zero-order chi connectivity index (χ0) is 23.2. The number of hydrogen-bond acceptors (Lipinski definition) is 6. The predicted octanol–water partition coefficient (Wildman–Crippen LogP) is 1.62. The van der Waals surface area contributed by atoms with Crippen molar-refractivity contribution in [2.45, 2.75) is 88.1 Å². The van der Waals surface area contributed by atoms with Crippen molar-refractivity contribution >= 4 is 11.9 Å². The maximum atomic E-state index is 12.3. The van der Waals surface area contributed by atoms with Gasteiger partial charge in [-0.1, -0.05) is 31.4 Å². The van der Waals surface area contributed by atoms with Crippen molar-refractivity contribution in [1.82, 2.24) is 16.0 Å². The van der Waals surface area contributed by atoms with E-state index in [0.29, 0.717) is 13.0 Å². The molecule has 3 fully saturated rings. The molecule has 4 N–H and O–H groups in total. The fourth-order valence-electron chi connectivity index (χ4n) is 4.91. The molecule has 5 unspecified atom stereocenters. The molecule has 2 heterocycles. The predicted molar refractivity (Wildman–Crippen MR) is 121 cm³/mol. The van der Waals surface area contributed by atoms with Crippen LogP contribution < -0.4 is 20.7 Å². The van der Waals surface area contributed by atoms with Gasteiger partial charge < -0.3 is 35.3 Å². The van der Waals surface area contributed by atoms with Gasteiger partial charge in [0.15, 0.2) is 0 Å². The van der Waals surface area contributed by atoms with Gasteiger partial charge in [-0.2, -0.15) is 0 Å². The minimum absolute atomic E-state index is 0.108. The summed E-state index contributed by atoms with van der Waals surface area (Å²) in [7, 11) is 1.61. The van der Waals surface area contributed by atoms with Crippen LogP contribution in [0.15, 0.2) is 24.3 Å². The Hall–Kier alpha value is -2.36. The number of benzene rings is 1. The highest BCUT2D eigenvalue weighted by molar-refractivity contribution is 5.76. The van der Waals surface area contributed by atoms with Crippen molar-refractivity contribution in [1.29, 1.82) is 0 Å². The number of fused-ring (bicyclic) bond motifs is 1. The van der Waals surface area contributed by atoms with E-state index in [4.69, 9.17) is 14.2 Å². The van der Waals surface area contributed by atoms with Crippen LogP contribution in [-0.2, 0) is 20.8 Å². The van der Waals surface area contributed by atoms with Gasteiger partial charge in [0, 0.05) is 25.6 Å². The molecule has 1 aliphatic carbocycles. The van der Waals surface area contributed by atoms with Crippen molar-refractivity contribution < 1.29 is 28.9 Å². The Morgan fingerprint density at radius 2 is 1.85 bits per heavy atom. The summed E-state index contributed by atoms with van der Waals surface area (Å²) in [5.74, 6) is 0.663. The Morgan fingerprint density at radius 1 is 1.09 bits per heavy atom. The number of hydrogen-bond donors (Lipinski definition) is 4. The molecule has 0 spiro atoms. The van der Waals surface area contributed by atoms with E-state index >= 15 is 0 Å². The highest BCUT2D eigenvalue weighted by Crippen LogP contribution is 2.35. The first kappa shape index (κ1) is 23.8. The van der Waals surface area contributed by atoms with Gasteiger partial charge in [-0.25, -0.2) is 4.79 Å². The molecule has 0 radical (unpaired) electrons. The fraction of sp³-hybridized carbons (Fsp3) is 0.667. The minimum Gasteiger partial charge on any atom is -0.497 e. The molecule has 2 aliphatic heterocycles.